The molecule has 3 heteroatoms. The van der Waals surface area contributed by atoms with Gasteiger partial charge in [-0.25, -0.2) is 8.78 Å². The summed E-state index contributed by atoms with van der Waals surface area (Å²) in [5.74, 6) is -0.449. The molecule has 1 heterocycles. The molecule has 1 aliphatic rings. The molecule has 0 saturated carbocycles. The molecule has 0 aliphatic carbocycles. The molecule has 1 atom stereocenters. The summed E-state index contributed by atoms with van der Waals surface area (Å²) in [7, 11) is 0. The van der Waals surface area contributed by atoms with Gasteiger partial charge in [0.1, 0.15) is 0 Å². The first-order valence-electron chi connectivity index (χ1n) is 5.30. The molecule has 14 heavy (non-hydrogen) atoms. The molecule has 1 rings (SSSR count). The van der Waals surface area contributed by atoms with Crippen LogP contribution in [0, 0.1) is 5.92 Å². The average molecular weight is 205 g/mol. The number of likely N-dealkylation sites (tertiary alicyclic amines) is 1. The average Bonchev–Trinajstić information content (AvgIpc) is 2.21. The van der Waals surface area contributed by atoms with Crippen molar-refractivity contribution >= 4 is 0 Å². The number of hydrogen-bond donors (Lipinski definition) is 0. The predicted octanol–water partition coefficient (Wildman–Crippen LogP) is 3.52. The van der Waals surface area contributed by atoms with Crippen molar-refractivity contribution in [3.63, 3.8) is 0 Å². The summed E-state index contributed by atoms with van der Waals surface area (Å²) in [6.07, 6.45) is -0.657. The second kappa shape index (κ2) is 6.80. The lowest BCUT2D eigenvalue weighted by Crippen LogP contribution is -2.36. The van der Waals surface area contributed by atoms with Gasteiger partial charge in [-0.15, -0.1) is 0 Å². The molecule has 0 aromatic carbocycles. The van der Waals surface area contributed by atoms with E-state index >= 15 is 0 Å². The third kappa shape index (κ3) is 4.07. The van der Waals surface area contributed by atoms with Crippen LogP contribution in [0.3, 0.4) is 0 Å². The Morgan fingerprint density at radius 3 is 2.43 bits per heavy atom. The molecule has 0 spiro atoms. The molecule has 84 valence electrons. The van der Waals surface area contributed by atoms with Crippen molar-refractivity contribution < 1.29 is 8.78 Å². The van der Waals surface area contributed by atoms with E-state index < -0.39 is 12.3 Å². The summed E-state index contributed by atoms with van der Waals surface area (Å²) >= 11 is 0. The van der Waals surface area contributed by atoms with Crippen LogP contribution in [0.25, 0.3) is 0 Å². The van der Waals surface area contributed by atoms with Crippen molar-refractivity contribution in [2.75, 3.05) is 13.1 Å². The summed E-state index contributed by atoms with van der Waals surface area (Å²) < 4.78 is 24.6. The van der Waals surface area contributed by atoms with Crippen LogP contribution < -0.4 is 0 Å². The van der Waals surface area contributed by atoms with Crippen LogP contribution in [-0.2, 0) is 0 Å². The van der Waals surface area contributed by atoms with E-state index in [0.717, 1.165) is 18.7 Å². The first-order valence-corrected chi connectivity index (χ1v) is 5.30. The maximum absolute atomic E-state index is 12.3. The van der Waals surface area contributed by atoms with E-state index in [4.69, 9.17) is 0 Å². The molecule has 0 bridgehead atoms. The van der Waals surface area contributed by atoms with Crippen molar-refractivity contribution in [3.8, 4) is 0 Å². The van der Waals surface area contributed by atoms with Crippen LogP contribution in [-0.4, -0.2) is 24.4 Å². The molecule has 1 aliphatic heterocycles. The Bertz CT molecular complexity index is 169. The van der Waals surface area contributed by atoms with E-state index in [9.17, 15) is 8.78 Å². The van der Waals surface area contributed by atoms with Gasteiger partial charge in [-0.2, -0.15) is 0 Å². The zero-order valence-electron chi connectivity index (χ0n) is 9.39. The molecule has 0 aromatic heterocycles. The predicted molar refractivity (Wildman–Crippen MR) is 56.5 cm³/mol. The molecule has 1 nitrogen and oxygen atoms in total. The SMILES string of the molecule is C=C(C)N1CCCC(C(F)F)C1.CC. The maximum Gasteiger partial charge on any atom is 0.243 e. The summed E-state index contributed by atoms with van der Waals surface area (Å²) in [5, 5.41) is 0. The number of alkyl halides is 2. The molecular weight excluding hydrogens is 184 g/mol. The van der Waals surface area contributed by atoms with Gasteiger partial charge in [0.25, 0.3) is 0 Å². The van der Waals surface area contributed by atoms with Crippen molar-refractivity contribution in [3.05, 3.63) is 12.3 Å². The van der Waals surface area contributed by atoms with Crippen LogP contribution in [0.15, 0.2) is 12.3 Å². The van der Waals surface area contributed by atoms with Gasteiger partial charge in [-0.05, 0) is 19.8 Å². The monoisotopic (exact) mass is 205 g/mol. The van der Waals surface area contributed by atoms with Gasteiger partial charge in [0.2, 0.25) is 6.43 Å². The molecular formula is C11H21F2N. The number of piperidine rings is 1. The quantitative estimate of drug-likeness (QED) is 0.666. The van der Waals surface area contributed by atoms with Crippen LogP contribution in [0.2, 0.25) is 0 Å². The molecule has 0 N–H and O–H groups in total. The minimum atomic E-state index is -2.17. The Kier molecular flexibility index (Phi) is 6.50. The highest BCUT2D eigenvalue weighted by molar-refractivity contribution is 4.92. The lowest BCUT2D eigenvalue weighted by atomic mass is 9.98. The van der Waals surface area contributed by atoms with E-state index in [1.54, 1.807) is 0 Å². The normalized spacial score (nSPS) is 21.6. The summed E-state index contributed by atoms with van der Waals surface area (Å²) in [5.41, 5.74) is 0.903. The van der Waals surface area contributed by atoms with Crippen molar-refractivity contribution in [1.82, 2.24) is 4.90 Å². The fourth-order valence-electron chi connectivity index (χ4n) is 1.56. The number of rotatable bonds is 2. The van der Waals surface area contributed by atoms with E-state index in [1.165, 1.54) is 0 Å². The van der Waals surface area contributed by atoms with Gasteiger partial charge >= 0.3 is 0 Å². The molecule has 1 unspecified atom stereocenters. The van der Waals surface area contributed by atoms with E-state index in [2.05, 4.69) is 6.58 Å². The van der Waals surface area contributed by atoms with Gasteiger partial charge in [-0.1, -0.05) is 20.4 Å². The molecule has 0 amide bonds. The third-order valence-corrected chi connectivity index (χ3v) is 2.35. The van der Waals surface area contributed by atoms with Gasteiger partial charge in [0.15, 0.2) is 0 Å². The number of halogens is 2. The van der Waals surface area contributed by atoms with Crippen LogP contribution in [0.4, 0.5) is 8.78 Å². The van der Waals surface area contributed by atoms with Gasteiger partial charge in [0, 0.05) is 24.7 Å². The topological polar surface area (TPSA) is 3.24 Å². The zero-order valence-corrected chi connectivity index (χ0v) is 9.39. The Morgan fingerprint density at radius 1 is 1.43 bits per heavy atom. The Balaban J connectivity index is 0.000000791. The largest absolute Gasteiger partial charge is 0.375 e. The van der Waals surface area contributed by atoms with Gasteiger partial charge in [0.05, 0.1) is 0 Å². The van der Waals surface area contributed by atoms with Crippen molar-refractivity contribution in [1.29, 1.82) is 0 Å². The second-order valence-corrected chi connectivity index (χ2v) is 3.42. The van der Waals surface area contributed by atoms with Crippen LogP contribution in [0.1, 0.15) is 33.6 Å². The first kappa shape index (κ1) is 13.4. The van der Waals surface area contributed by atoms with Crippen LogP contribution >= 0.6 is 0 Å². The molecule has 0 aromatic rings. The standard InChI is InChI=1S/C9H15F2N.C2H6/c1-7(2)12-5-3-4-8(6-12)9(10)11;1-2/h8-9H,1,3-6H2,2H3;1-2H3. The maximum atomic E-state index is 12.3. The minimum Gasteiger partial charge on any atom is -0.375 e. The van der Waals surface area contributed by atoms with Gasteiger partial charge < -0.3 is 4.90 Å². The summed E-state index contributed by atoms with van der Waals surface area (Å²) in [4.78, 5) is 1.94. The minimum absolute atomic E-state index is 0.449. The van der Waals surface area contributed by atoms with E-state index in [1.807, 2.05) is 25.7 Å². The van der Waals surface area contributed by atoms with Crippen molar-refractivity contribution in [2.24, 2.45) is 5.92 Å². The lowest BCUT2D eigenvalue weighted by molar-refractivity contribution is 0.0370. The smallest absolute Gasteiger partial charge is 0.243 e. The third-order valence-electron chi connectivity index (χ3n) is 2.35. The lowest BCUT2D eigenvalue weighted by Gasteiger charge is -2.34. The fraction of sp³-hybridized carbons (Fsp3) is 0.818. The number of allylic oxidation sites excluding steroid dienone is 1. The summed E-state index contributed by atoms with van der Waals surface area (Å²) in [6, 6.07) is 0. The summed E-state index contributed by atoms with van der Waals surface area (Å²) in [6.45, 7) is 11.0. The van der Waals surface area contributed by atoms with E-state index in [-0.39, 0.29) is 0 Å². The highest BCUT2D eigenvalue weighted by Crippen LogP contribution is 2.24. The highest BCUT2D eigenvalue weighted by atomic mass is 19.3. The van der Waals surface area contributed by atoms with E-state index in [0.29, 0.717) is 13.0 Å². The zero-order chi connectivity index (χ0) is 11.1. The Morgan fingerprint density at radius 2 is 2.00 bits per heavy atom. The number of hydrogen-bond acceptors (Lipinski definition) is 1. The molecule has 0 radical (unpaired) electrons. The second-order valence-electron chi connectivity index (χ2n) is 3.42. The fourth-order valence-corrected chi connectivity index (χ4v) is 1.56. The number of nitrogens with zero attached hydrogens (tertiary/aromatic N) is 1. The molecule has 1 saturated heterocycles. The van der Waals surface area contributed by atoms with Crippen LogP contribution in [0.5, 0.6) is 0 Å². The molecule has 1 fully saturated rings. The first-order chi connectivity index (χ1) is 6.61. The van der Waals surface area contributed by atoms with Crippen molar-refractivity contribution in [2.45, 2.75) is 40.0 Å². The Labute approximate surface area is 85.8 Å². The highest BCUT2D eigenvalue weighted by Gasteiger charge is 2.26. The Hall–Kier alpha value is -0.600. The van der Waals surface area contributed by atoms with Gasteiger partial charge in [-0.3, -0.25) is 0 Å².